The molecule has 7 unspecified atom stereocenters. The Morgan fingerprint density at radius 1 is 0.878 bits per heavy atom. The summed E-state index contributed by atoms with van der Waals surface area (Å²) in [5.41, 5.74) is 0. The molecule has 3 saturated heterocycles. The first-order valence-corrected chi connectivity index (χ1v) is 15.5. The number of aliphatic hydroxyl groups excluding tert-OH is 2. The van der Waals surface area contributed by atoms with Gasteiger partial charge in [-0.2, -0.15) is 0 Å². The maximum atomic E-state index is 12.7. The van der Waals surface area contributed by atoms with Crippen LogP contribution in [0.4, 0.5) is 0 Å². The molecule has 2 N–H and O–H groups in total. The number of ether oxygens (including phenoxy) is 6. The number of epoxide rings is 3. The summed E-state index contributed by atoms with van der Waals surface area (Å²) in [5, 5.41) is 22.2. The topological polar surface area (TPSA) is 161 Å². The monoisotopic (exact) mass is 593 g/mol. The fourth-order valence-corrected chi connectivity index (χ4v) is 4.09. The third-order valence-electron chi connectivity index (χ3n) is 6.74. The van der Waals surface area contributed by atoms with Crippen LogP contribution in [0, 0.1) is 16.7 Å². The van der Waals surface area contributed by atoms with Crippen molar-refractivity contribution >= 4 is 5.97 Å². The molecule has 41 heavy (non-hydrogen) atoms. The molecule has 0 bridgehead atoms. The summed E-state index contributed by atoms with van der Waals surface area (Å²) in [6.07, 6.45) is 6.72. The van der Waals surface area contributed by atoms with Crippen molar-refractivity contribution in [2.24, 2.45) is 17.2 Å². The van der Waals surface area contributed by atoms with E-state index in [1.807, 2.05) is 20.8 Å². The molecule has 0 saturated carbocycles. The van der Waals surface area contributed by atoms with E-state index in [-0.39, 0.29) is 12.6 Å². The van der Waals surface area contributed by atoms with E-state index >= 15 is 0 Å². The minimum Gasteiger partial charge on any atom is -0.465 e. The molecule has 3 rings (SSSR count). The Balaban J connectivity index is 0.000000641. The van der Waals surface area contributed by atoms with Crippen molar-refractivity contribution in [1.29, 1.82) is 0 Å². The van der Waals surface area contributed by atoms with Gasteiger partial charge in [0.25, 0.3) is 0 Å². The molecule has 3 fully saturated rings. The smallest absolute Gasteiger partial charge is 0.309 e. The van der Waals surface area contributed by atoms with Gasteiger partial charge < -0.3 is 43.5 Å². The lowest BCUT2D eigenvalue weighted by molar-refractivity contribution is -0.180. The summed E-state index contributed by atoms with van der Waals surface area (Å²) in [7, 11) is 0. The first-order valence-electron chi connectivity index (χ1n) is 15.5. The summed E-state index contributed by atoms with van der Waals surface area (Å²) in [6.45, 7) is 12.0. The van der Waals surface area contributed by atoms with Gasteiger partial charge in [-0.15, -0.1) is 4.91 Å². The van der Waals surface area contributed by atoms with Crippen LogP contribution in [-0.4, -0.2) is 99.7 Å². The maximum Gasteiger partial charge on any atom is 0.309 e. The van der Waals surface area contributed by atoms with Crippen molar-refractivity contribution in [3.63, 3.8) is 0 Å². The molecule has 0 aromatic rings. The van der Waals surface area contributed by atoms with Gasteiger partial charge in [-0.3, -0.25) is 4.79 Å². The molecule has 7 atom stereocenters. The molecule has 0 aliphatic carbocycles. The van der Waals surface area contributed by atoms with Gasteiger partial charge in [-0.25, -0.2) is 0 Å². The fraction of sp³-hybridized carbons (Fsp3) is 0.966. The molecule has 12 heteroatoms. The Morgan fingerprint density at radius 3 is 1.90 bits per heavy atom. The van der Waals surface area contributed by atoms with Gasteiger partial charge in [0, 0.05) is 19.1 Å². The second kappa shape index (κ2) is 24.1. The van der Waals surface area contributed by atoms with E-state index in [1.165, 1.54) is 0 Å². The molecule has 0 spiro atoms. The van der Waals surface area contributed by atoms with E-state index in [9.17, 15) is 19.9 Å². The third kappa shape index (κ3) is 21.0. The molecule has 3 heterocycles. The highest BCUT2D eigenvalue weighted by atomic mass is 16.7. The molecule has 12 nitrogen and oxygen atoms in total. The highest BCUT2D eigenvalue weighted by Crippen LogP contribution is 2.24. The SMILES string of the molecule is CC.CCC(C(=O)OCCCC1CO1)C(COCCCC1CO1)C(O)OCCCC(C)O.O=NOCCCC1CO1. The average molecular weight is 594 g/mol. The summed E-state index contributed by atoms with van der Waals surface area (Å²) < 4.78 is 32.1. The van der Waals surface area contributed by atoms with Crippen molar-refractivity contribution in [2.45, 2.75) is 116 Å². The lowest BCUT2D eigenvalue weighted by Gasteiger charge is -2.29. The minimum absolute atomic E-state index is 0.229. The molecule has 3 aliphatic heterocycles. The van der Waals surface area contributed by atoms with Crippen LogP contribution in [0.2, 0.25) is 0 Å². The lowest BCUT2D eigenvalue weighted by Crippen LogP contribution is -2.38. The van der Waals surface area contributed by atoms with Crippen LogP contribution in [0.25, 0.3) is 0 Å². The Hall–Kier alpha value is -1.41. The Morgan fingerprint density at radius 2 is 1.41 bits per heavy atom. The molecule has 0 aromatic carbocycles. The van der Waals surface area contributed by atoms with Crippen molar-refractivity contribution in [3.05, 3.63) is 4.91 Å². The van der Waals surface area contributed by atoms with Crippen LogP contribution in [-0.2, 0) is 38.1 Å². The number of rotatable bonds is 24. The zero-order chi connectivity index (χ0) is 30.3. The summed E-state index contributed by atoms with van der Waals surface area (Å²) in [4.78, 5) is 26.2. The number of carbonyl (C=O) groups is 1. The van der Waals surface area contributed by atoms with Crippen LogP contribution in [0.15, 0.2) is 5.34 Å². The van der Waals surface area contributed by atoms with E-state index in [0.29, 0.717) is 64.0 Å². The van der Waals surface area contributed by atoms with Gasteiger partial charge in [-0.1, -0.05) is 20.8 Å². The molecule has 0 aromatic heterocycles. The average Bonchev–Trinajstić information content (AvgIpc) is 3.82. The number of hydrogen-bond donors (Lipinski definition) is 2. The normalized spacial score (nSPS) is 22.9. The zero-order valence-electron chi connectivity index (χ0n) is 25.6. The summed E-state index contributed by atoms with van der Waals surface area (Å²) >= 11 is 0. The largest absolute Gasteiger partial charge is 0.465 e. The number of hydrogen-bond acceptors (Lipinski definition) is 12. The highest BCUT2D eigenvalue weighted by molar-refractivity contribution is 5.72. The van der Waals surface area contributed by atoms with E-state index in [1.54, 1.807) is 6.92 Å². The summed E-state index contributed by atoms with van der Waals surface area (Å²) in [5.74, 6) is -1.32. The number of aliphatic hydroxyl groups is 2. The summed E-state index contributed by atoms with van der Waals surface area (Å²) in [6, 6.07) is 0. The van der Waals surface area contributed by atoms with Crippen LogP contribution in [0.1, 0.15) is 85.5 Å². The molecule has 0 amide bonds. The van der Waals surface area contributed by atoms with Gasteiger partial charge in [0.2, 0.25) is 0 Å². The van der Waals surface area contributed by atoms with Crippen molar-refractivity contribution < 1.29 is 48.3 Å². The quantitative estimate of drug-likeness (QED) is 0.0416. The van der Waals surface area contributed by atoms with Gasteiger partial charge in [-0.05, 0) is 64.7 Å². The zero-order valence-corrected chi connectivity index (χ0v) is 25.6. The predicted octanol–water partition coefficient (Wildman–Crippen LogP) is 3.93. The minimum atomic E-state index is -1.12. The molecule has 0 radical (unpaired) electrons. The Bertz CT molecular complexity index is 642. The Kier molecular flexibility index (Phi) is 22.1. The molecular weight excluding hydrogens is 538 g/mol. The number of nitrogens with zero attached hydrogens (tertiary/aromatic N) is 1. The van der Waals surface area contributed by atoms with Crippen LogP contribution < -0.4 is 0 Å². The highest BCUT2D eigenvalue weighted by Gasteiger charge is 2.35. The standard InChI is InChI=1S/C22H40O8.C5H9NO3.C2H6/c1-3-19(21(24)27-12-6-9-18-14-30-18)20(15-26-10-5-8-17-13-29-17)22(25)28-11-4-7-16(2)23;7-6-9-3-1-2-5-4-8-5;1-2/h16-20,22-23,25H,3-15H2,1-2H3;5H,1-4H2;1-2H3. The second-order valence-corrected chi connectivity index (χ2v) is 10.4. The van der Waals surface area contributed by atoms with E-state index < -0.39 is 24.2 Å². The maximum absolute atomic E-state index is 12.7. The first kappa shape index (κ1) is 37.6. The van der Waals surface area contributed by atoms with Gasteiger partial charge >= 0.3 is 5.97 Å². The first-order chi connectivity index (χ1) is 19.9. The molecule has 3 aliphatic rings. The van der Waals surface area contributed by atoms with Gasteiger partial charge in [0.1, 0.15) is 6.61 Å². The second-order valence-electron chi connectivity index (χ2n) is 10.4. The fourth-order valence-electron chi connectivity index (χ4n) is 4.09. The van der Waals surface area contributed by atoms with Crippen LogP contribution >= 0.6 is 0 Å². The van der Waals surface area contributed by atoms with Crippen LogP contribution in [0.5, 0.6) is 0 Å². The van der Waals surface area contributed by atoms with E-state index in [0.717, 1.165) is 58.3 Å². The molecule has 242 valence electrons. The number of esters is 1. The van der Waals surface area contributed by atoms with E-state index in [2.05, 4.69) is 10.2 Å². The molecular formula is C29H55NO11. The van der Waals surface area contributed by atoms with Gasteiger partial charge in [0.15, 0.2) is 11.6 Å². The van der Waals surface area contributed by atoms with Crippen molar-refractivity contribution in [1.82, 2.24) is 0 Å². The van der Waals surface area contributed by atoms with E-state index in [4.69, 9.17) is 28.4 Å². The third-order valence-corrected chi connectivity index (χ3v) is 6.74. The van der Waals surface area contributed by atoms with Crippen LogP contribution in [0.3, 0.4) is 0 Å². The van der Waals surface area contributed by atoms with Crippen molar-refractivity contribution in [2.75, 3.05) is 52.9 Å². The Labute approximate surface area is 245 Å². The van der Waals surface area contributed by atoms with Crippen molar-refractivity contribution in [3.8, 4) is 0 Å². The van der Waals surface area contributed by atoms with Gasteiger partial charge in [0.05, 0.1) is 63.4 Å². The lowest BCUT2D eigenvalue weighted by atomic mass is 9.90. The predicted molar refractivity (Wildman–Crippen MR) is 152 cm³/mol. The number of carbonyl (C=O) groups excluding carboxylic acids is 1.